The molecule has 1 unspecified atom stereocenters. The van der Waals surface area contributed by atoms with E-state index in [0.29, 0.717) is 12.3 Å². The third-order valence-corrected chi connectivity index (χ3v) is 5.49. The first-order valence-corrected chi connectivity index (χ1v) is 9.62. The number of amides is 2. The quantitative estimate of drug-likeness (QED) is 0.899. The van der Waals surface area contributed by atoms with Crippen molar-refractivity contribution < 1.29 is 14.3 Å². The molecule has 0 radical (unpaired) electrons. The van der Waals surface area contributed by atoms with Gasteiger partial charge in [0.05, 0.1) is 18.2 Å². The van der Waals surface area contributed by atoms with E-state index in [1.54, 1.807) is 7.05 Å². The van der Waals surface area contributed by atoms with Gasteiger partial charge in [0.1, 0.15) is 11.5 Å². The Hall–Kier alpha value is -2.24. The number of hydrogen-bond acceptors (Lipinski definition) is 3. The second-order valence-corrected chi connectivity index (χ2v) is 7.00. The average molecular weight is 359 g/mol. The third-order valence-electron chi connectivity index (χ3n) is 5.49. The predicted molar refractivity (Wildman–Crippen MR) is 99.6 cm³/mol. The van der Waals surface area contributed by atoms with Crippen LogP contribution in [-0.4, -0.2) is 41.5 Å². The molecule has 1 atom stereocenters. The van der Waals surface area contributed by atoms with Gasteiger partial charge in [-0.15, -0.1) is 0 Å². The van der Waals surface area contributed by atoms with E-state index in [9.17, 15) is 9.59 Å². The normalized spacial score (nSPS) is 20.7. The summed E-state index contributed by atoms with van der Waals surface area (Å²) in [5, 5.41) is 2.67. The van der Waals surface area contributed by atoms with E-state index in [-0.39, 0.29) is 17.9 Å². The summed E-state index contributed by atoms with van der Waals surface area (Å²) in [5.74, 6) is 0.849. The highest BCUT2D eigenvalue weighted by molar-refractivity contribution is 5.95. The first-order chi connectivity index (χ1) is 12.6. The molecule has 1 aromatic heterocycles. The molecule has 2 aliphatic heterocycles. The summed E-state index contributed by atoms with van der Waals surface area (Å²) in [6, 6.07) is 3.83. The molecule has 0 aliphatic carbocycles. The maximum absolute atomic E-state index is 13.3. The Morgan fingerprint density at radius 2 is 2.08 bits per heavy atom. The summed E-state index contributed by atoms with van der Waals surface area (Å²) in [4.78, 5) is 27.3. The fourth-order valence-electron chi connectivity index (χ4n) is 4.09. The molecule has 26 heavy (non-hydrogen) atoms. The van der Waals surface area contributed by atoms with Crippen LogP contribution in [0.25, 0.3) is 0 Å². The van der Waals surface area contributed by atoms with Crippen molar-refractivity contribution in [3.63, 3.8) is 0 Å². The number of ether oxygens (including phenoxy) is 1. The van der Waals surface area contributed by atoms with Gasteiger partial charge in [-0.25, -0.2) is 0 Å². The largest absolute Gasteiger partial charge is 0.497 e. The number of nitrogens with zero attached hydrogens (tertiary/aromatic N) is 2. The van der Waals surface area contributed by atoms with E-state index in [0.717, 1.165) is 62.1 Å². The molecule has 0 aromatic carbocycles. The number of carbonyl (C=O) groups is 2. The van der Waals surface area contributed by atoms with Gasteiger partial charge in [-0.2, -0.15) is 0 Å². The molecule has 0 spiro atoms. The Morgan fingerprint density at radius 1 is 1.27 bits per heavy atom. The number of carbonyl (C=O) groups excluding carboxylic acids is 2. The van der Waals surface area contributed by atoms with Crippen LogP contribution in [-0.2, 0) is 16.6 Å². The number of rotatable bonds is 4. The van der Waals surface area contributed by atoms with Crippen LogP contribution in [0, 0.1) is 0 Å². The van der Waals surface area contributed by atoms with Crippen molar-refractivity contribution in [2.75, 3.05) is 20.2 Å². The zero-order valence-corrected chi connectivity index (χ0v) is 16.0. The van der Waals surface area contributed by atoms with Crippen LogP contribution in [0.2, 0.25) is 0 Å². The van der Waals surface area contributed by atoms with Crippen molar-refractivity contribution in [2.24, 2.45) is 7.05 Å². The molecule has 6 nitrogen and oxygen atoms in total. The van der Waals surface area contributed by atoms with Gasteiger partial charge in [0, 0.05) is 32.8 Å². The molecule has 1 N–H and O–H groups in total. The van der Waals surface area contributed by atoms with Crippen LogP contribution in [0.15, 0.2) is 23.5 Å². The second kappa shape index (κ2) is 7.98. The molecule has 3 rings (SSSR count). The highest BCUT2D eigenvalue weighted by atomic mass is 16.5. The number of piperidine rings is 1. The SMILES string of the molecule is CCC1=C(C(=O)N2CCCCC2c2ccc(C(=O)NC)n2C)CCCO1. The predicted octanol–water partition coefficient (Wildman–Crippen LogP) is 2.91. The van der Waals surface area contributed by atoms with Crippen LogP contribution in [0.5, 0.6) is 0 Å². The summed E-state index contributed by atoms with van der Waals surface area (Å²) >= 11 is 0. The van der Waals surface area contributed by atoms with Crippen molar-refractivity contribution in [3.8, 4) is 0 Å². The van der Waals surface area contributed by atoms with Gasteiger partial charge >= 0.3 is 0 Å². The Kier molecular flexibility index (Phi) is 5.69. The fourth-order valence-corrected chi connectivity index (χ4v) is 4.09. The number of aromatic nitrogens is 1. The zero-order chi connectivity index (χ0) is 18.7. The number of nitrogens with one attached hydrogen (secondary N) is 1. The molecule has 3 heterocycles. The maximum atomic E-state index is 13.3. The van der Waals surface area contributed by atoms with E-state index in [4.69, 9.17) is 4.74 Å². The van der Waals surface area contributed by atoms with Crippen LogP contribution < -0.4 is 5.32 Å². The van der Waals surface area contributed by atoms with Crippen molar-refractivity contribution in [2.45, 2.75) is 51.5 Å². The van der Waals surface area contributed by atoms with Gasteiger partial charge in [-0.3, -0.25) is 9.59 Å². The lowest BCUT2D eigenvalue weighted by atomic mass is 9.96. The highest BCUT2D eigenvalue weighted by Gasteiger charge is 2.33. The van der Waals surface area contributed by atoms with Crippen LogP contribution in [0.1, 0.15) is 67.7 Å². The third kappa shape index (κ3) is 3.37. The lowest BCUT2D eigenvalue weighted by molar-refractivity contribution is -0.131. The molecule has 2 aliphatic rings. The molecule has 0 saturated carbocycles. The highest BCUT2D eigenvalue weighted by Crippen LogP contribution is 2.34. The van der Waals surface area contributed by atoms with Crippen LogP contribution in [0.3, 0.4) is 0 Å². The van der Waals surface area contributed by atoms with Crippen molar-refractivity contribution in [1.29, 1.82) is 0 Å². The van der Waals surface area contributed by atoms with Crippen molar-refractivity contribution >= 4 is 11.8 Å². The Bertz CT molecular complexity index is 720. The number of allylic oxidation sites excluding steroid dienone is 1. The van der Waals surface area contributed by atoms with E-state index in [1.165, 1.54) is 0 Å². The van der Waals surface area contributed by atoms with E-state index in [1.807, 2.05) is 35.6 Å². The van der Waals surface area contributed by atoms with E-state index in [2.05, 4.69) is 5.32 Å². The monoisotopic (exact) mass is 359 g/mol. The summed E-state index contributed by atoms with van der Waals surface area (Å²) in [7, 11) is 3.53. The Morgan fingerprint density at radius 3 is 2.81 bits per heavy atom. The average Bonchev–Trinajstić information content (AvgIpc) is 3.08. The summed E-state index contributed by atoms with van der Waals surface area (Å²) in [6.07, 6.45) is 5.47. The minimum atomic E-state index is -0.107. The molecule has 2 amide bonds. The fraction of sp³-hybridized carbons (Fsp3) is 0.600. The smallest absolute Gasteiger partial charge is 0.267 e. The first-order valence-electron chi connectivity index (χ1n) is 9.62. The molecule has 1 fully saturated rings. The van der Waals surface area contributed by atoms with Gasteiger partial charge in [-0.1, -0.05) is 6.92 Å². The molecule has 142 valence electrons. The standard InChI is InChI=1S/C20H29N3O3/c1-4-18-14(8-7-13-26-18)20(25)23-12-6-5-9-16(23)15-10-11-17(22(15)3)19(24)21-2/h10-11,16H,4-9,12-13H2,1-3H3,(H,21,24). The maximum Gasteiger partial charge on any atom is 0.267 e. The van der Waals surface area contributed by atoms with Gasteiger partial charge in [0.25, 0.3) is 11.8 Å². The van der Waals surface area contributed by atoms with Crippen LogP contribution >= 0.6 is 0 Å². The van der Waals surface area contributed by atoms with E-state index >= 15 is 0 Å². The van der Waals surface area contributed by atoms with Crippen molar-refractivity contribution in [3.05, 3.63) is 34.9 Å². The molecule has 6 heteroatoms. The topological polar surface area (TPSA) is 63.6 Å². The minimum absolute atomic E-state index is 0.00666. The minimum Gasteiger partial charge on any atom is -0.497 e. The molecule has 0 bridgehead atoms. The Balaban J connectivity index is 1.91. The molecular weight excluding hydrogens is 330 g/mol. The van der Waals surface area contributed by atoms with Gasteiger partial charge in [0.2, 0.25) is 0 Å². The van der Waals surface area contributed by atoms with E-state index < -0.39 is 0 Å². The van der Waals surface area contributed by atoms with Gasteiger partial charge in [-0.05, 0) is 44.2 Å². The molecular formula is C20H29N3O3. The number of likely N-dealkylation sites (tertiary alicyclic amines) is 1. The summed E-state index contributed by atoms with van der Waals surface area (Å²) < 4.78 is 7.66. The summed E-state index contributed by atoms with van der Waals surface area (Å²) in [5.41, 5.74) is 2.48. The lowest BCUT2D eigenvalue weighted by Crippen LogP contribution is -2.41. The first kappa shape index (κ1) is 18.5. The van der Waals surface area contributed by atoms with Crippen molar-refractivity contribution in [1.82, 2.24) is 14.8 Å². The second-order valence-electron chi connectivity index (χ2n) is 7.00. The van der Waals surface area contributed by atoms with Crippen LogP contribution in [0.4, 0.5) is 0 Å². The lowest BCUT2D eigenvalue weighted by Gasteiger charge is -2.37. The molecule has 1 aromatic rings. The Labute approximate surface area is 155 Å². The molecule has 1 saturated heterocycles. The zero-order valence-electron chi connectivity index (χ0n) is 16.0. The van der Waals surface area contributed by atoms with Gasteiger partial charge < -0.3 is 19.5 Å². The number of hydrogen-bond donors (Lipinski definition) is 1. The van der Waals surface area contributed by atoms with Gasteiger partial charge in [0.15, 0.2) is 0 Å². The summed E-state index contributed by atoms with van der Waals surface area (Å²) in [6.45, 7) is 3.50.